The first kappa shape index (κ1) is 12.6. The Morgan fingerprint density at radius 1 is 1.40 bits per heavy atom. The summed E-state index contributed by atoms with van der Waals surface area (Å²) in [5, 5.41) is 0. The average molecular weight is 234 g/mol. The van der Waals surface area contributed by atoms with E-state index in [0.29, 0.717) is 12.4 Å². The van der Waals surface area contributed by atoms with E-state index in [-0.39, 0.29) is 10.6 Å². The van der Waals surface area contributed by atoms with Gasteiger partial charge in [-0.15, -0.1) is 10.3 Å². The van der Waals surface area contributed by atoms with E-state index in [9.17, 15) is 4.39 Å². The van der Waals surface area contributed by atoms with E-state index in [1.54, 1.807) is 0 Å². The summed E-state index contributed by atoms with van der Waals surface area (Å²) in [6.07, 6.45) is 5.30. The molecule has 15 heavy (non-hydrogen) atoms. The summed E-state index contributed by atoms with van der Waals surface area (Å²) in [6, 6.07) is 1.36. The number of halogens is 1. The van der Waals surface area contributed by atoms with Gasteiger partial charge in [0.2, 0.25) is 0 Å². The van der Waals surface area contributed by atoms with Crippen LogP contribution in [0.3, 0.4) is 0 Å². The zero-order valence-corrected chi connectivity index (χ0v) is 10.8. The highest BCUT2D eigenvalue weighted by Gasteiger charge is 2.29. The molecule has 0 saturated heterocycles. The summed E-state index contributed by atoms with van der Waals surface area (Å²) in [6.45, 7) is 6.77. The topological polar surface area (TPSA) is 22.4 Å². The van der Waals surface area contributed by atoms with E-state index in [4.69, 9.17) is 8.60 Å². The van der Waals surface area contributed by atoms with E-state index in [0.717, 1.165) is 6.26 Å². The first-order valence-electron chi connectivity index (χ1n) is 4.82. The summed E-state index contributed by atoms with van der Waals surface area (Å²) < 4.78 is 23.5. The largest absolute Gasteiger partial charge is 0.464 e. The van der Waals surface area contributed by atoms with Gasteiger partial charge in [-0.05, 0) is 12.5 Å². The minimum Gasteiger partial charge on any atom is -0.464 e. The zero-order chi connectivity index (χ0) is 11.7. The van der Waals surface area contributed by atoms with Gasteiger partial charge in [0, 0.05) is 10.8 Å². The van der Waals surface area contributed by atoms with E-state index in [2.05, 4.69) is 33.3 Å². The lowest BCUT2D eigenvalue weighted by atomic mass is 10.3. The maximum absolute atomic E-state index is 12.6. The van der Waals surface area contributed by atoms with Gasteiger partial charge < -0.3 is 8.60 Å². The first-order valence-corrected chi connectivity index (χ1v) is 7.20. The van der Waals surface area contributed by atoms with Gasteiger partial charge in [-0.1, -0.05) is 20.8 Å². The lowest BCUT2D eigenvalue weighted by Gasteiger charge is -2.43. The van der Waals surface area contributed by atoms with Crippen molar-refractivity contribution in [3.05, 3.63) is 23.9 Å². The van der Waals surface area contributed by atoms with Gasteiger partial charge >= 0.3 is 0 Å². The SMILES string of the molecule is CC(C)(C)S(C)(C)OCc1cc(F)co1. The molecule has 1 aromatic heterocycles. The van der Waals surface area contributed by atoms with Crippen molar-refractivity contribution >= 4 is 10.3 Å². The highest BCUT2D eigenvalue weighted by atomic mass is 32.3. The van der Waals surface area contributed by atoms with Crippen LogP contribution in [-0.2, 0) is 10.8 Å². The van der Waals surface area contributed by atoms with Crippen molar-refractivity contribution in [1.82, 2.24) is 0 Å². The fourth-order valence-corrected chi connectivity index (χ4v) is 1.58. The second-order valence-corrected chi connectivity index (χ2v) is 8.77. The van der Waals surface area contributed by atoms with Crippen molar-refractivity contribution in [3.8, 4) is 0 Å². The monoisotopic (exact) mass is 234 g/mol. The standard InChI is InChI=1S/C11H19FO2S/c1-11(2,3)15(4,5)14-8-10-6-9(12)7-13-10/h6-7H,8H2,1-5H3. The van der Waals surface area contributed by atoms with Crippen molar-refractivity contribution in [2.24, 2.45) is 0 Å². The van der Waals surface area contributed by atoms with Crippen molar-refractivity contribution in [3.63, 3.8) is 0 Å². The van der Waals surface area contributed by atoms with Crippen molar-refractivity contribution in [1.29, 1.82) is 0 Å². The highest BCUT2D eigenvalue weighted by molar-refractivity contribution is 8.29. The van der Waals surface area contributed by atoms with Crippen molar-refractivity contribution < 1.29 is 13.0 Å². The first-order chi connectivity index (χ1) is 6.72. The van der Waals surface area contributed by atoms with E-state index >= 15 is 0 Å². The van der Waals surface area contributed by atoms with Crippen LogP contribution in [0.1, 0.15) is 26.5 Å². The molecule has 0 spiro atoms. The Labute approximate surface area is 92.3 Å². The van der Waals surface area contributed by atoms with Crippen LogP contribution in [0.5, 0.6) is 0 Å². The van der Waals surface area contributed by atoms with Crippen molar-refractivity contribution in [2.45, 2.75) is 32.1 Å². The molecule has 0 aromatic carbocycles. The lowest BCUT2D eigenvalue weighted by Crippen LogP contribution is -2.24. The Hall–Kier alpha value is -0.480. The normalized spacial score (nSPS) is 14.3. The fourth-order valence-electron chi connectivity index (χ4n) is 0.812. The summed E-state index contributed by atoms with van der Waals surface area (Å²) in [7, 11) is -1.17. The second kappa shape index (κ2) is 4.18. The lowest BCUT2D eigenvalue weighted by molar-refractivity contribution is 0.296. The molecule has 88 valence electrons. The van der Waals surface area contributed by atoms with Gasteiger partial charge in [0.25, 0.3) is 0 Å². The van der Waals surface area contributed by atoms with E-state index in [1.165, 1.54) is 6.07 Å². The van der Waals surface area contributed by atoms with Crippen LogP contribution in [0, 0.1) is 5.82 Å². The molecule has 0 fully saturated rings. The van der Waals surface area contributed by atoms with Gasteiger partial charge in [-0.25, -0.2) is 4.39 Å². The van der Waals surface area contributed by atoms with Gasteiger partial charge in [-0.3, -0.25) is 0 Å². The minimum absolute atomic E-state index is 0.109. The summed E-state index contributed by atoms with van der Waals surface area (Å²) >= 11 is 0. The van der Waals surface area contributed by atoms with Gasteiger partial charge in [0.05, 0.1) is 0 Å². The van der Waals surface area contributed by atoms with E-state index in [1.807, 2.05) is 0 Å². The molecule has 1 aromatic rings. The number of rotatable bonds is 3. The molecule has 4 heteroatoms. The molecule has 0 aliphatic carbocycles. The van der Waals surface area contributed by atoms with Crippen LogP contribution < -0.4 is 0 Å². The van der Waals surface area contributed by atoms with Crippen LogP contribution in [-0.4, -0.2) is 17.3 Å². The predicted molar refractivity (Wildman–Crippen MR) is 62.6 cm³/mol. The minimum atomic E-state index is -1.17. The number of furan rings is 1. The molecule has 0 amide bonds. The zero-order valence-electron chi connectivity index (χ0n) is 9.96. The molecule has 0 saturated carbocycles. The fraction of sp³-hybridized carbons (Fsp3) is 0.636. The maximum Gasteiger partial charge on any atom is 0.161 e. The van der Waals surface area contributed by atoms with Gasteiger partial charge in [0.1, 0.15) is 18.6 Å². The molecule has 0 atom stereocenters. The Balaban J connectivity index is 2.57. The molecule has 1 rings (SSSR count). The summed E-state index contributed by atoms with van der Waals surface area (Å²) in [5.41, 5.74) is 0. The predicted octanol–water partition coefficient (Wildman–Crippen LogP) is 3.71. The van der Waals surface area contributed by atoms with Crippen molar-refractivity contribution in [2.75, 3.05) is 12.5 Å². The summed E-state index contributed by atoms with van der Waals surface area (Å²) in [5.74, 6) is 0.189. The Morgan fingerprint density at radius 3 is 2.40 bits per heavy atom. The maximum atomic E-state index is 12.6. The molecule has 0 aliphatic rings. The molecular weight excluding hydrogens is 215 g/mol. The van der Waals surface area contributed by atoms with Gasteiger partial charge in [-0.2, -0.15) is 0 Å². The number of hydrogen-bond acceptors (Lipinski definition) is 2. The van der Waals surface area contributed by atoms with Crippen LogP contribution in [0.2, 0.25) is 0 Å². The Morgan fingerprint density at radius 2 is 2.00 bits per heavy atom. The second-order valence-electron chi connectivity index (χ2n) is 4.84. The van der Waals surface area contributed by atoms with Crippen LogP contribution >= 0.6 is 10.3 Å². The van der Waals surface area contributed by atoms with Gasteiger partial charge in [0.15, 0.2) is 5.82 Å². The van der Waals surface area contributed by atoms with Crippen LogP contribution in [0.4, 0.5) is 4.39 Å². The molecule has 0 radical (unpaired) electrons. The summed E-state index contributed by atoms with van der Waals surface area (Å²) in [4.78, 5) is 0. The van der Waals surface area contributed by atoms with Crippen LogP contribution in [0.25, 0.3) is 0 Å². The quantitative estimate of drug-likeness (QED) is 0.795. The molecular formula is C11H19FO2S. The smallest absolute Gasteiger partial charge is 0.161 e. The van der Waals surface area contributed by atoms with E-state index < -0.39 is 10.3 Å². The molecule has 0 N–H and O–H groups in total. The highest BCUT2D eigenvalue weighted by Crippen LogP contribution is 2.54. The molecule has 0 aliphatic heterocycles. The van der Waals surface area contributed by atoms with Crippen LogP contribution in [0.15, 0.2) is 16.7 Å². The molecule has 0 unspecified atom stereocenters. The Kier molecular flexibility index (Phi) is 3.51. The Bertz CT molecular complexity index is 326. The number of hydrogen-bond donors (Lipinski definition) is 0. The molecule has 1 heterocycles. The third kappa shape index (κ3) is 3.24. The third-order valence-electron chi connectivity index (χ3n) is 2.59. The molecule has 2 nitrogen and oxygen atoms in total. The molecule has 0 bridgehead atoms. The third-order valence-corrected chi connectivity index (χ3v) is 6.25. The average Bonchev–Trinajstić information content (AvgIpc) is 2.46.